The van der Waals surface area contributed by atoms with Crippen LogP contribution in [-0.2, 0) is 9.59 Å². The van der Waals surface area contributed by atoms with Crippen molar-refractivity contribution in [3.63, 3.8) is 0 Å². The third-order valence-corrected chi connectivity index (χ3v) is 4.10. The molecule has 0 atom stereocenters. The van der Waals surface area contributed by atoms with Gasteiger partial charge in [-0.05, 0) is 25.0 Å². The molecule has 1 aliphatic carbocycles. The van der Waals surface area contributed by atoms with Gasteiger partial charge in [-0.2, -0.15) is 5.26 Å². The summed E-state index contributed by atoms with van der Waals surface area (Å²) < 4.78 is 5.41. The number of carbonyl (C=O) groups excluding carboxylic acids is 2. The van der Waals surface area contributed by atoms with Crippen LogP contribution >= 0.6 is 0 Å². The first-order chi connectivity index (χ1) is 11.2. The predicted molar refractivity (Wildman–Crippen MR) is 80.3 cm³/mol. The lowest BCUT2D eigenvalue weighted by Gasteiger charge is -2.34. The quantitative estimate of drug-likeness (QED) is 0.803. The van der Waals surface area contributed by atoms with Gasteiger partial charge in [0.15, 0.2) is 18.1 Å². The van der Waals surface area contributed by atoms with Gasteiger partial charge in [-0.3, -0.25) is 9.59 Å². The first kappa shape index (κ1) is 15.3. The van der Waals surface area contributed by atoms with Crippen LogP contribution in [0, 0.1) is 17.2 Å². The van der Waals surface area contributed by atoms with Crippen LogP contribution in [0.3, 0.4) is 0 Å². The number of nitriles is 1. The molecule has 0 spiro atoms. The van der Waals surface area contributed by atoms with Gasteiger partial charge in [0.05, 0.1) is 0 Å². The lowest BCUT2D eigenvalue weighted by atomic mass is 10.2. The zero-order valence-electron chi connectivity index (χ0n) is 12.8. The van der Waals surface area contributed by atoms with Gasteiger partial charge in [0.1, 0.15) is 6.07 Å². The Hall–Kier alpha value is -2.62. The van der Waals surface area contributed by atoms with Crippen LogP contribution in [0.25, 0.3) is 0 Å². The van der Waals surface area contributed by atoms with Crippen LogP contribution in [-0.4, -0.2) is 59.4 Å². The third kappa shape index (κ3) is 3.59. The van der Waals surface area contributed by atoms with Crippen molar-refractivity contribution in [3.8, 4) is 11.8 Å². The summed E-state index contributed by atoms with van der Waals surface area (Å²) >= 11 is 0. The Morgan fingerprint density at radius 1 is 1.26 bits per heavy atom. The molecule has 1 aromatic rings. The highest BCUT2D eigenvalue weighted by atomic mass is 16.5. The van der Waals surface area contributed by atoms with E-state index >= 15 is 0 Å². The molecule has 2 fully saturated rings. The van der Waals surface area contributed by atoms with Crippen LogP contribution in [0.5, 0.6) is 5.75 Å². The number of piperazine rings is 1. The molecule has 7 heteroatoms. The smallest absolute Gasteiger partial charge is 0.260 e. The molecule has 7 nitrogen and oxygen atoms in total. The molecule has 0 N–H and O–H groups in total. The van der Waals surface area contributed by atoms with Gasteiger partial charge in [0.2, 0.25) is 5.91 Å². The van der Waals surface area contributed by atoms with E-state index in [0.29, 0.717) is 31.9 Å². The molecule has 0 bridgehead atoms. The van der Waals surface area contributed by atoms with E-state index < -0.39 is 0 Å². The summed E-state index contributed by atoms with van der Waals surface area (Å²) in [6.45, 7) is 2.09. The Morgan fingerprint density at radius 2 is 1.96 bits per heavy atom. The SMILES string of the molecule is N#Cc1ncccc1OCC(=O)N1CCN(C(=O)C2CC2)CC1. The average Bonchev–Trinajstić information content (AvgIpc) is 3.44. The number of nitrogens with zero attached hydrogens (tertiary/aromatic N) is 4. The highest BCUT2D eigenvalue weighted by Crippen LogP contribution is 2.31. The Morgan fingerprint density at radius 3 is 2.61 bits per heavy atom. The van der Waals surface area contributed by atoms with Crippen molar-refractivity contribution in [1.82, 2.24) is 14.8 Å². The lowest BCUT2D eigenvalue weighted by Crippen LogP contribution is -2.52. The molecule has 2 amide bonds. The first-order valence-corrected chi connectivity index (χ1v) is 7.73. The fraction of sp³-hybridized carbons (Fsp3) is 0.500. The fourth-order valence-electron chi connectivity index (χ4n) is 2.59. The Kier molecular flexibility index (Phi) is 4.42. The van der Waals surface area contributed by atoms with E-state index in [-0.39, 0.29) is 30.0 Å². The van der Waals surface area contributed by atoms with E-state index in [2.05, 4.69) is 4.98 Å². The molecule has 0 unspecified atom stereocenters. The van der Waals surface area contributed by atoms with Crippen molar-refractivity contribution in [2.75, 3.05) is 32.8 Å². The van der Waals surface area contributed by atoms with Crippen molar-refractivity contribution in [1.29, 1.82) is 5.26 Å². The largest absolute Gasteiger partial charge is 0.481 e. The van der Waals surface area contributed by atoms with E-state index in [1.165, 1.54) is 6.20 Å². The topological polar surface area (TPSA) is 86.5 Å². The van der Waals surface area contributed by atoms with Crippen LogP contribution in [0.2, 0.25) is 0 Å². The highest BCUT2D eigenvalue weighted by molar-refractivity contribution is 5.82. The number of hydrogen-bond acceptors (Lipinski definition) is 5. The number of hydrogen-bond donors (Lipinski definition) is 0. The molecule has 2 aliphatic rings. The monoisotopic (exact) mass is 314 g/mol. The van der Waals surface area contributed by atoms with E-state index in [1.54, 1.807) is 17.0 Å². The molecule has 1 saturated heterocycles. The Balaban J connectivity index is 1.48. The maximum Gasteiger partial charge on any atom is 0.260 e. The molecule has 1 saturated carbocycles. The summed E-state index contributed by atoms with van der Waals surface area (Å²) in [4.78, 5) is 31.6. The van der Waals surface area contributed by atoms with Crippen LogP contribution in [0.4, 0.5) is 0 Å². The number of ether oxygens (including phenoxy) is 1. The molecule has 0 aromatic carbocycles. The second-order valence-corrected chi connectivity index (χ2v) is 5.73. The van der Waals surface area contributed by atoms with Gasteiger partial charge >= 0.3 is 0 Å². The number of rotatable bonds is 4. The van der Waals surface area contributed by atoms with E-state index in [4.69, 9.17) is 10.00 Å². The second kappa shape index (κ2) is 6.65. The van der Waals surface area contributed by atoms with Crippen molar-refractivity contribution in [2.24, 2.45) is 5.92 Å². The van der Waals surface area contributed by atoms with Crippen molar-refractivity contribution >= 4 is 11.8 Å². The van der Waals surface area contributed by atoms with Crippen LogP contribution < -0.4 is 4.74 Å². The molecule has 1 aromatic heterocycles. The average molecular weight is 314 g/mol. The van der Waals surface area contributed by atoms with E-state index in [9.17, 15) is 9.59 Å². The fourth-order valence-corrected chi connectivity index (χ4v) is 2.59. The minimum Gasteiger partial charge on any atom is -0.481 e. The Bertz CT molecular complexity index is 643. The lowest BCUT2D eigenvalue weighted by molar-refractivity contribution is -0.141. The van der Waals surface area contributed by atoms with E-state index in [1.807, 2.05) is 11.0 Å². The number of pyridine rings is 1. The summed E-state index contributed by atoms with van der Waals surface area (Å²) in [5, 5.41) is 8.94. The second-order valence-electron chi connectivity index (χ2n) is 5.73. The zero-order chi connectivity index (χ0) is 16.2. The molecule has 0 radical (unpaired) electrons. The summed E-state index contributed by atoms with van der Waals surface area (Å²) in [5.74, 6) is 0.611. The summed E-state index contributed by atoms with van der Waals surface area (Å²) in [6.07, 6.45) is 3.50. The third-order valence-electron chi connectivity index (χ3n) is 4.10. The summed E-state index contributed by atoms with van der Waals surface area (Å²) in [6, 6.07) is 5.20. The summed E-state index contributed by atoms with van der Waals surface area (Å²) in [5.41, 5.74) is 0.167. The van der Waals surface area contributed by atoms with Crippen LogP contribution in [0.1, 0.15) is 18.5 Å². The van der Waals surface area contributed by atoms with Gasteiger partial charge in [-0.25, -0.2) is 4.98 Å². The van der Waals surface area contributed by atoms with Crippen molar-refractivity contribution in [2.45, 2.75) is 12.8 Å². The molecule has 23 heavy (non-hydrogen) atoms. The number of amides is 2. The van der Waals surface area contributed by atoms with Crippen molar-refractivity contribution < 1.29 is 14.3 Å². The maximum absolute atomic E-state index is 12.2. The number of carbonyl (C=O) groups is 2. The van der Waals surface area contributed by atoms with Crippen LogP contribution in [0.15, 0.2) is 18.3 Å². The van der Waals surface area contributed by atoms with E-state index in [0.717, 1.165) is 12.8 Å². The molecule has 2 heterocycles. The predicted octanol–water partition coefficient (Wildman–Crippen LogP) is 0.413. The molecule has 1 aliphatic heterocycles. The minimum absolute atomic E-state index is 0.128. The highest BCUT2D eigenvalue weighted by Gasteiger charge is 2.35. The normalized spacial score (nSPS) is 17.5. The van der Waals surface area contributed by atoms with Crippen molar-refractivity contribution in [3.05, 3.63) is 24.0 Å². The van der Waals surface area contributed by atoms with Gasteiger partial charge < -0.3 is 14.5 Å². The maximum atomic E-state index is 12.2. The zero-order valence-corrected chi connectivity index (χ0v) is 12.8. The Labute approximate surface area is 134 Å². The van der Waals surface area contributed by atoms with Gasteiger partial charge in [0.25, 0.3) is 5.91 Å². The molecular weight excluding hydrogens is 296 g/mol. The molecular formula is C16H18N4O3. The minimum atomic E-state index is -0.142. The first-order valence-electron chi connectivity index (χ1n) is 7.73. The number of aromatic nitrogens is 1. The summed E-state index contributed by atoms with van der Waals surface area (Å²) in [7, 11) is 0. The molecule has 3 rings (SSSR count). The van der Waals surface area contributed by atoms with Gasteiger partial charge in [0, 0.05) is 38.3 Å². The van der Waals surface area contributed by atoms with Gasteiger partial charge in [-0.15, -0.1) is 0 Å². The molecule has 120 valence electrons. The van der Waals surface area contributed by atoms with Gasteiger partial charge in [-0.1, -0.05) is 0 Å². The standard InChI is InChI=1S/C16H18N4O3/c17-10-13-14(2-1-5-18-13)23-11-15(21)19-6-8-20(9-7-19)16(22)12-3-4-12/h1-2,5,12H,3-4,6-9,11H2.